The highest BCUT2D eigenvalue weighted by Crippen LogP contribution is 2.36. The van der Waals surface area contributed by atoms with Gasteiger partial charge in [0.25, 0.3) is 0 Å². The number of ether oxygens (including phenoxy) is 1. The quantitative estimate of drug-likeness (QED) is 0.740. The molecule has 1 aliphatic heterocycles. The molecule has 1 fully saturated rings. The SMILES string of the molecule is COc1cc2c(cc1NC(=O)[C@H](C)N1CCNC(=O)C1)oc1ccccc12. The van der Waals surface area contributed by atoms with Crippen LogP contribution in [0.15, 0.2) is 40.8 Å². The molecule has 0 unspecified atom stereocenters. The minimum absolute atomic E-state index is 0.0674. The molecule has 1 aromatic heterocycles. The van der Waals surface area contributed by atoms with Gasteiger partial charge < -0.3 is 19.8 Å². The number of carbonyl (C=O) groups is 2. The molecule has 2 amide bonds. The molecule has 2 N–H and O–H groups in total. The Balaban J connectivity index is 1.63. The lowest BCUT2D eigenvalue weighted by atomic mass is 10.1. The summed E-state index contributed by atoms with van der Waals surface area (Å²) >= 11 is 0. The molecule has 7 heteroatoms. The molecule has 0 bridgehead atoms. The number of rotatable bonds is 4. The van der Waals surface area contributed by atoms with Crippen LogP contribution in [0.2, 0.25) is 0 Å². The number of hydrogen-bond acceptors (Lipinski definition) is 5. The van der Waals surface area contributed by atoms with Gasteiger partial charge in [-0.15, -0.1) is 0 Å². The van der Waals surface area contributed by atoms with E-state index in [9.17, 15) is 9.59 Å². The lowest BCUT2D eigenvalue weighted by Crippen LogP contribution is -2.53. The molecule has 2 heterocycles. The third-order valence-corrected chi connectivity index (χ3v) is 4.95. The topological polar surface area (TPSA) is 83.8 Å². The minimum atomic E-state index is -0.438. The van der Waals surface area contributed by atoms with Gasteiger partial charge in [0, 0.05) is 29.9 Å². The second kappa shape index (κ2) is 6.92. The third kappa shape index (κ3) is 3.21. The summed E-state index contributed by atoms with van der Waals surface area (Å²) in [7, 11) is 1.57. The van der Waals surface area contributed by atoms with Crippen LogP contribution < -0.4 is 15.4 Å². The normalized spacial score (nSPS) is 16.3. The van der Waals surface area contributed by atoms with Crippen LogP contribution in [0.1, 0.15) is 6.92 Å². The monoisotopic (exact) mass is 367 g/mol. The fraction of sp³-hybridized carbons (Fsp3) is 0.300. The highest BCUT2D eigenvalue weighted by Gasteiger charge is 2.26. The molecular weight excluding hydrogens is 346 g/mol. The van der Waals surface area contributed by atoms with Crippen molar-refractivity contribution in [2.45, 2.75) is 13.0 Å². The van der Waals surface area contributed by atoms with Gasteiger partial charge in [-0.2, -0.15) is 0 Å². The van der Waals surface area contributed by atoms with Gasteiger partial charge in [0.15, 0.2) is 0 Å². The molecule has 1 saturated heterocycles. The molecule has 0 radical (unpaired) electrons. The average Bonchev–Trinajstić information content (AvgIpc) is 3.04. The Hall–Kier alpha value is -3.06. The van der Waals surface area contributed by atoms with Crippen LogP contribution in [-0.2, 0) is 9.59 Å². The van der Waals surface area contributed by atoms with Gasteiger partial charge in [0.05, 0.1) is 25.4 Å². The summed E-state index contributed by atoms with van der Waals surface area (Å²) < 4.78 is 11.4. The van der Waals surface area contributed by atoms with Crippen molar-refractivity contribution in [2.24, 2.45) is 0 Å². The van der Waals surface area contributed by atoms with E-state index < -0.39 is 6.04 Å². The van der Waals surface area contributed by atoms with Crippen LogP contribution in [0, 0.1) is 0 Å². The molecule has 27 heavy (non-hydrogen) atoms. The second-order valence-electron chi connectivity index (χ2n) is 6.63. The summed E-state index contributed by atoms with van der Waals surface area (Å²) in [5, 5.41) is 7.60. The van der Waals surface area contributed by atoms with Crippen molar-refractivity contribution in [1.82, 2.24) is 10.2 Å². The van der Waals surface area contributed by atoms with E-state index in [4.69, 9.17) is 9.15 Å². The van der Waals surface area contributed by atoms with Crippen LogP contribution in [0.5, 0.6) is 5.75 Å². The Morgan fingerprint density at radius 3 is 2.85 bits per heavy atom. The van der Waals surface area contributed by atoms with E-state index >= 15 is 0 Å². The van der Waals surface area contributed by atoms with Crippen molar-refractivity contribution >= 4 is 39.4 Å². The zero-order chi connectivity index (χ0) is 19.0. The van der Waals surface area contributed by atoms with Gasteiger partial charge in [0.1, 0.15) is 16.9 Å². The fourth-order valence-corrected chi connectivity index (χ4v) is 3.41. The highest BCUT2D eigenvalue weighted by molar-refractivity contribution is 6.08. The van der Waals surface area contributed by atoms with E-state index in [0.717, 1.165) is 16.4 Å². The van der Waals surface area contributed by atoms with Crippen molar-refractivity contribution < 1.29 is 18.7 Å². The first-order valence-corrected chi connectivity index (χ1v) is 8.87. The number of anilines is 1. The molecule has 140 valence electrons. The largest absolute Gasteiger partial charge is 0.495 e. The van der Waals surface area contributed by atoms with Crippen LogP contribution in [-0.4, -0.2) is 49.5 Å². The molecule has 7 nitrogen and oxygen atoms in total. The third-order valence-electron chi connectivity index (χ3n) is 4.95. The van der Waals surface area contributed by atoms with E-state index in [-0.39, 0.29) is 18.4 Å². The van der Waals surface area contributed by atoms with Crippen LogP contribution in [0.3, 0.4) is 0 Å². The molecule has 0 aliphatic carbocycles. The molecule has 2 aromatic carbocycles. The van der Waals surface area contributed by atoms with E-state index in [1.807, 2.05) is 35.2 Å². The number of amides is 2. The maximum absolute atomic E-state index is 12.7. The molecule has 0 spiro atoms. The van der Waals surface area contributed by atoms with Crippen LogP contribution in [0.25, 0.3) is 21.9 Å². The van der Waals surface area contributed by atoms with Gasteiger partial charge in [-0.1, -0.05) is 18.2 Å². The second-order valence-corrected chi connectivity index (χ2v) is 6.63. The first-order valence-electron chi connectivity index (χ1n) is 8.87. The first-order chi connectivity index (χ1) is 13.1. The van der Waals surface area contributed by atoms with Crippen LogP contribution in [0.4, 0.5) is 5.69 Å². The smallest absolute Gasteiger partial charge is 0.241 e. The number of para-hydroxylation sites is 1. The van der Waals surface area contributed by atoms with Gasteiger partial charge in [0.2, 0.25) is 11.8 Å². The summed E-state index contributed by atoms with van der Waals surface area (Å²) in [6, 6.07) is 11.0. The maximum atomic E-state index is 12.7. The van der Waals surface area contributed by atoms with E-state index in [0.29, 0.717) is 30.1 Å². The number of piperazine rings is 1. The van der Waals surface area contributed by atoms with Gasteiger partial charge in [-0.25, -0.2) is 0 Å². The summed E-state index contributed by atoms with van der Waals surface area (Å²) in [4.78, 5) is 26.1. The maximum Gasteiger partial charge on any atom is 0.241 e. The Bertz CT molecular complexity index is 1030. The fourth-order valence-electron chi connectivity index (χ4n) is 3.41. The molecule has 4 rings (SSSR count). The van der Waals surface area contributed by atoms with Crippen molar-refractivity contribution in [2.75, 3.05) is 32.1 Å². The van der Waals surface area contributed by atoms with Gasteiger partial charge >= 0.3 is 0 Å². The summed E-state index contributed by atoms with van der Waals surface area (Å²) in [6.07, 6.45) is 0. The van der Waals surface area contributed by atoms with Gasteiger partial charge in [-0.3, -0.25) is 14.5 Å². The summed E-state index contributed by atoms with van der Waals surface area (Å²) in [5.74, 6) is 0.298. The van der Waals surface area contributed by atoms with Crippen molar-refractivity contribution in [3.05, 3.63) is 36.4 Å². The number of carbonyl (C=O) groups excluding carboxylic acids is 2. The number of fused-ring (bicyclic) bond motifs is 3. The van der Waals surface area contributed by atoms with E-state index in [1.165, 1.54) is 0 Å². The standard InChI is InChI=1S/C20H21N3O4/c1-12(23-8-7-21-19(24)11-23)20(25)22-15-10-17-14(9-18(15)26-2)13-5-3-4-6-16(13)27-17/h3-6,9-10,12H,7-8,11H2,1-2H3,(H,21,24)(H,22,25)/t12-/m0/s1. The molecule has 3 aromatic rings. The number of methoxy groups -OCH3 is 1. The van der Waals surface area contributed by atoms with Crippen LogP contribution >= 0.6 is 0 Å². The van der Waals surface area contributed by atoms with E-state index in [2.05, 4.69) is 10.6 Å². The zero-order valence-corrected chi connectivity index (χ0v) is 15.2. The average molecular weight is 367 g/mol. The van der Waals surface area contributed by atoms with Gasteiger partial charge in [-0.05, 0) is 19.1 Å². The summed E-state index contributed by atoms with van der Waals surface area (Å²) in [6.45, 7) is 3.19. The van der Waals surface area contributed by atoms with Crippen molar-refractivity contribution in [3.63, 3.8) is 0 Å². The van der Waals surface area contributed by atoms with Crippen molar-refractivity contribution in [3.8, 4) is 5.75 Å². The molecular formula is C20H21N3O4. The highest BCUT2D eigenvalue weighted by atomic mass is 16.5. The minimum Gasteiger partial charge on any atom is -0.495 e. The molecule has 0 saturated carbocycles. The number of nitrogens with zero attached hydrogens (tertiary/aromatic N) is 1. The summed E-state index contributed by atoms with van der Waals surface area (Å²) in [5.41, 5.74) is 2.00. The zero-order valence-electron chi connectivity index (χ0n) is 15.2. The molecule has 1 aliphatic rings. The Labute approximate surface area is 156 Å². The first kappa shape index (κ1) is 17.4. The molecule has 1 atom stereocenters. The van der Waals surface area contributed by atoms with E-state index in [1.54, 1.807) is 20.1 Å². The number of hydrogen-bond donors (Lipinski definition) is 2. The number of nitrogens with one attached hydrogen (secondary N) is 2. The Kier molecular flexibility index (Phi) is 4.45. The lowest BCUT2D eigenvalue weighted by molar-refractivity contribution is -0.127. The lowest BCUT2D eigenvalue weighted by Gasteiger charge is -2.31. The predicted octanol–water partition coefficient (Wildman–Crippen LogP) is 2.35. The number of benzene rings is 2. The predicted molar refractivity (Wildman–Crippen MR) is 103 cm³/mol. The number of furan rings is 1. The Morgan fingerprint density at radius 1 is 1.26 bits per heavy atom. The van der Waals surface area contributed by atoms with Crippen molar-refractivity contribution in [1.29, 1.82) is 0 Å². The Morgan fingerprint density at radius 2 is 2.07 bits per heavy atom.